The highest BCUT2D eigenvalue weighted by atomic mass is 35.5. The van der Waals surface area contributed by atoms with Crippen LogP contribution in [0.1, 0.15) is 55.7 Å². The van der Waals surface area contributed by atoms with Gasteiger partial charge in [-0.1, -0.05) is 23.7 Å². The molecule has 0 fully saturated rings. The van der Waals surface area contributed by atoms with Crippen molar-refractivity contribution in [3.63, 3.8) is 0 Å². The number of hydrogen-bond donors (Lipinski definition) is 1. The Hall–Kier alpha value is -2.38. The Bertz CT molecular complexity index is 1080. The van der Waals surface area contributed by atoms with Crippen LogP contribution in [0, 0.1) is 13.8 Å². The van der Waals surface area contributed by atoms with Gasteiger partial charge < -0.3 is 4.74 Å². The summed E-state index contributed by atoms with van der Waals surface area (Å²) in [7, 11) is 0. The van der Waals surface area contributed by atoms with E-state index in [9.17, 15) is 4.79 Å². The second kappa shape index (κ2) is 7.95. The van der Waals surface area contributed by atoms with E-state index in [-0.39, 0.29) is 24.6 Å². The van der Waals surface area contributed by atoms with Gasteiger partial charge in [0.1, 0.15) is 28.6 Å². The van der Waals surface area contributed by atoms with Crippen molar-refractivity contribution in [3.05, 3.63) is 50.9 Å². The molecule has 2 aliphatic heterocycles. The van der Waals surface area contributed by atoms with Gasteiger partial charge in [-0.05, 0) is 59.2 Å². The van der Waals surface area contributed by atoms with Gasteiger partial charge in [0.2, 0.25) is 0 Å². The molecular weight excluding hydrogens is 432 g/mol. The number of halogens is 1. The first kappa shape index (κ1) is 21.8. The number of carbonyl (C=O) groups is 1. The molecule has 0 amide bonds. The maximum absolute atomic E-state index is 12.7. The van der Waals surface area contributed by atoms with Crippen molar-refractivity contribution in [2.45, 2.75) is 65.8 Å². The van der Waals surface area contributed by atoms with Crippen LogP contribution in [0.15, 0.2) is 34.4 Å². The number of benzene rings is 1. The fraction of sp³-hybridized carbons (Fsp3) is 0.435. The number of aryl methyl sites for hydroxylation is 1. The summed E-state index contributed by atoms with van der Waals surface area (Å²) in [5.41, 5.74) is 6.76. The second-order valence-corrected chi connectivity index (χ2v) is 10.5. The molecule has 0 bridgehead atoms. The van der Waals surface area contributed by atoms with Crippen molar-refractivity contribution in [1.29, 1.82) is 0 Å². The molecule has 0 aliphatic carbocycles. The lowest BCUT2D eigenvalue weighted by molar-refractivity contribution is -0.155. The molecule has 1 N–H and O–H groups in total. The highest BCUT2D eigenvalue weighted by Gasteiger charge is 2.41. The van der Waals surface area contributed by atoms with Crippen LogP contribution < -0.4 is 10.3 Å². The number of amidine groups is 1. The number of carbonyl (C=O) groups excluding carboxylic acids is 1. The van der Waals surface area contributed by atoms with Crippen LogP contribution >= 0.6 is 22.9 Å². The van der Waals surface area contributed by atoms with Crippen molar-refractivity contribution in [1.82, 2.24) is 5.43 Å². The predicted molar refractivity (Wildman–Crippen MR) is 128 cm³/mol. The zero-order valence-electron chi connectivity index (χ0n) is 18.6. The summed E-state index contributed by atoms with van der Waals surface area (Å²) in [5.74, 6) is 0.579. The highest BCUT2D eigenvalue weighted by Crippen LogP contribution is 2.42. The van der Waals surface area contributed by atoms with E-state index >= 15 is 0 Å². The number of hydrogen-bond acceptors (Lipinski definition) is 7. The first-order valence-corrected chi connectivity index (χ1v) is 11.5. The summed E-state index contributed by atoms with van der Waals surface area (Å²) in [6.45, 7) is 11.8. The zero-order valence-corrected chi connectivity index (χ0v) is 20.2. The molecule has 0 spiro atoms. The number of fused-ring (bicyclic) bond motifs is 3. The molecule has 1 unspecified atom stereocenters. The predicted octanol–water partition coefficient (Wildman–Crippen LogP) is 5.04. The van der Waals surface area contributed by atoms with Gasteiger partial charge in [-0.2, -0.15) is 5.10 Å². The first-order valence-electron chi connectivity index (χ1n) is 10.3. The average Bonchev–Trinajstić information content (AvgIpc) is 3.14. The summed E-state index contributed by atoms with van der Waals surface area (Å²) in [4.78, 5) is 21.3. The van der Waals surface area contributed by atoms with Gasteiger partial charge in [0.15, 0.2) is 0 Å². The van der Waals surface area contributed by atoms with Crippen LogP contribution in [-0.4, -0.2) is 35.3 Å². The molecule has 3 heterocycles. The minimum absolute atomic E-state index is 0.151. The van der Waals surface area contributed by atoms with Crippen molar-refractivity contribution < 1.29 is 9.53 Å². The number of anilines is 1. The van der Waals surface area contributed by atoms with Crippen LogP contribution in [-0.2, 0) is 9.53 Å². The fourth-order valence-corrected chi connectivity index (χ4v) is 5.27. The van der Waals surface area contributed by atoms with E-state index in [2.05, 4.69) is 29.3 Å². The zero-order chi connectivity index (χ0) is 22.5. The van der Waals surface area contributed by atoms with E-state index in [1.165, 1.54) is 10.4 Å². The Labute approximate surface area is 192 Å². The Morgan fingerprint density at radius 2 is 1.90 bits per heavy atom. The van der Waals surface area contributed by atoms with Crippen LogP contribution in [0.25, 0.3) is 0 Å². The minimum Gasteiger partial charge on any atom is -0.460 e. The molecule has 164 valence electrons. The Morgan fingerprint density at radius 3 is 2.55 bits per heavy atom. The summed E-state index contributed by atoms with van der Waals surface area (Å²) >= 11 is 7.87. The maximum atomic E-state index is 12.7. The molecular formula is C23H27ClN4O2S. The standard InChI is InChI=1S/C23H27ClN4O2S/c1-12-13(2)31-22-19(12)20(15-7-9-16(24)10-8-15)25-17(11-18(29)30-23(4,5)6)21-27-26-14(3)28(21)22/h7-10,17,21,27H,11H2,1-6H3/t17-,21?/m0/s1. The van der Waals surface area contributed by atoms with Gasteiger partial charge in [0.05, 0.1) is 12.1 Å². The summed E-state index contributed by atoms with van der Waals surface area (Å²) in [6, 6.07) is 7.32. The van der Waals surface area contributed by atoms with E-state index in [0.29, 0.717) is 5.02 Å². The number of esters is 1. The molecule has 0 radical (unpaired) electrons. The van der Waals surface area contributed by atoms with Gasteiger partial charge >= 0.3 is 5.97 Å². The Kier molecular flexibility index (Phi) is 5.60. The monoisotopic (exact) mass is 458 g/mol. The molecule has 4 rings (SSSR count). The second-order valence-electron chi connectivity index (χ2n) is 8.91. The Morgan fingerprint density at radius 1 is 1.23 bits per heavy atom. The largest absolute Gasteiger partial charge is 0.460 e. The third-order valence-corrected chi connectivity index (χ3v) is 6.84. The third-order valence-electron chi connectivity index (χ3n) is 5.38. The number of thiophene rings is 1. The quantitative estimate of drug-likeness (QED) is 0.654. The maximum Gasteiger partial charge on any atom is 0.308 e. The van der Waals surface area contributed by atoms with E-state index < -0.39 is 5.60 Å². The lowest BCUT2D eigenvalue weighted by Crippen LogP contribution is -2.47. The molecule has 31 heavy (non-hydrogen) atoms. The molecule has 2 atom stereocenters. The van der Waals surface area contributed by atoms with Crippen LogP contribution in [0.2, 0.25) is 5.02 Å². The van der Waals surface area contributed by atoms with Crippen LogP contribution in [0.4, 0.5) is 5.00 Å². The van der Waals surface area contributed by atoms with Crippen molar-refractivity contribution in [2.24, 2.45) is 10.1 Å². The van der Waals surface area contributed by atoms with Crippen LogP contribution in [0.5, 0.6) is 0 Å². The highest BCUT2D eigenvalue weighted by molar-refractivity contribution is 7.17. The first-order chi connectivity index (χ1) is 14.5. The minimum atomic E-state index is -0.550. The molecule has 0 saturated carbocycles. The van der Waals surface area contributed by atoms with Gasteiger partial charge in [-0.15, -0.1) is 11.3 Å². The summed E-state index contributed by atoms with van der Waals surface area (Å²) in [5, 5.41) is 6.22. The van der Waals surface area contributed by atoms with Gasteiger partial charge in [0, 0.05) is 21.0 Å². The average molecular weight is 459 g/mol. The van der Waals surface area contributed by atoms with Gasteiger partial charge in [-0.3, -0.25) is 20.1 Å². The number of rotatable bonds is 3. The van der Waals surface area contributed by atoms with E-state index in [1.807, 2.05) is 52.0 Å². The lowest BCUT2D eigenvalue weighted by atomic mass is 9.99. The van der Waals surface area contributed by atoms with Gasteiger partial charge in [0.25, 0.3) is 0 Å². The number of hydrazone groups is 1. The molecule has 1 aromatic heterocycles. The van der Waals surface area contributed by atoms with E-state index in [0.717, 1.165) is 27.7 Å². The number of ether oxygens (including phenoxy) is 1. The fourth-order valence-electron chi connectivity index (χ4n) is 3.90. The molecule has 6 nitrogen and oxygen atoms in total. The SMILES string of the molecule is CC1=NNC2[C@H](CC(=O)OC(C)(C)C)N=C(c3ccc(Cl)cc3)c3c(sc(C)c3C)N12. The summed E-state index contributed by atoms with van der Waals surface area (Å²) in [6.07, 6.45) is -0.105. The number of nitrogens with one attached hydrogen (secondary N) is 1. The topological polar surface area (TPSA) is 66.3 Å². The lowest BCUT2D eigenvalue weighted by Gasteiger charge is -2.28. The molecule has 0 saturated heterocycles. The van der Waals surface area contributed by atoms with Crippen molar-refractivity contribution >= 4 is 45.5 Å². The van der Waals surface area contributed by atoms with Crippen LogP contribution in [0.3, 0.4) is 0 Å². The Balaban J connectivity index is 1.85. The molecule has 1 aromatic carbocycles. The number of aliphatic imine (C=N–C) groups is 1. The van der Waals surface area contributed by atoms with E-state index in [1.54, 1.807) is 11.3 Å². The molecule has 2 aliphatic rings. The normalized spacial score (nSPS) is 20.3. The van der Waals surface area contributed by atoms with Gasteiger partial charge in [-0.25, -0.2) is 0 Å². The number of nitrogens with zero attached hydrogens (tertiary/aromatic N) is 3. The molecule has 8 heteroatoms. The summed E-state index contributed by atoms with van der Waals surface area (Å²) < 4.78 is 5.61. The van der Waals surface area contributed by atoms with E-state index in [4.69, 9.17) is 21.3 Å². The smallest absolute Gasteiger partial charge is 0.308 e. The molecule has 2 aromatic rings. The van der Waals surface area contributed by atoms with Crippen molar-refractivity contribution in [2.75, 3.05) is 4.90 Å². The van der Waals surface area contributed by atoms with Crippen molar-refractivity contribution in [3.8, 4) is 0 Å². The third kappa shape index (κ3) is 4.21.